The normalized spacial score (nSPS) is 15.5. The standard InChI is InChI=1S/C26H25BrClN3O4S/c1-5-30(6-2)25(34)21-14(3)29-26-31(22(21)17-9-7-8-10-19(17)35-4)24(33)20(36-26)12-15-11-16(28)13-18(27)23(15)32/h7-13,22,32H,5-6H2,1-4H3/b20-12+/t22-/m1/s1. The van der Waals surface area contributed by atoms with E-state index < -0.39 is 6.04 Å². The average molecular weight is 591 g/mol. The number of aromatic hydroxyl groups is 1. The number of hydrogen-bond acceptors (Lipinski definition) is 6. The molecule has 0 saturated carbocycles. The van der Waals surface area contributed by atoms with Crippen molar-refractivity contribution >= 4 is 50.9 Å². The molecule has 2 heterocycles. The molecule has 10 heteroatoms. The number of allylic oxidation sites excluding steroid dienone is 1. The number of halogens is 2. The van der Waals surface area contributed by atoms with E-state index in [2.05, 4.69) is 20.9 Å². The lowest BCUT2D eigenvalue weighted by molar-refractivity contribution is -0.127. The van der Waals surface area contributed by atoms with Crippen LogP contribution in [-0.2, 0) is 4.79 Å². The molecule has 4 rings (SSSR count). The molecule has 3 aromatic rings. The monoisotopic (exact) mass is 589 g/mol. The summed E-state index contributed by atoms with van der Waals surface area (Å²) in [7, 11) is 1.56. The summed E-state index contributed by atoms with van der Waals surface area (Å²) in [6.45, 7) is 6.67. The van der Waals surface area contributed by atoms with Crippen LogP contribution in [-0.4, -0.2) is 40.7 Å². The molecule has 0 fully saturated rings. The van der Waals surface area contributed by atoms with Crippen LogP contribution in [0.4, 0.5) is 0 Å². The molecule has 188 valence electrons. The van der Waals surface area contributed by atoms with E-state index in [1.807, 2.05) is 38.1 Å². The zero-order valence-electron chi connectivity index (χ0n) is 20.2. The molecule has 0 unspecified atom stereocenters. The Morgan fingerprint density at radius 2 is 2.00 bits per heavy atom. The first-order valence-electron chi connectivity index (χ1n) is 11.3. The lowest BCUT2D eigenvalue weighted by Gasteiger charge is -2.29. The molecule has 2 aromatic carbocycles. The number of nitrogens with zero attached hydrogens (tertiary/aromatic N) is 3. The molecular formula is C26H25BrClN3O4S. The maximum atomic E-state index is 13.8. The van der Waals surface area contributed by atoms with Crippen LogP contribution in [0.25, 0.3) is 6.08 Å². The van der Waals surface area contributed by atoms with Gasteiger partial charge >= 0.3 is 0 Å². The molecule has 1 aliphatic heterocycles. The van der Waals surface area contributed by atoms with Crippen molar-refractivity contribution in [1.29, 1.82) is 0 Å². The fourth-order valence-electron chi connectivity index (χ4n) is 4.30. The fraction of sp³-hybridized carbons (Fsp3) is 0.269. The van der Waals surface area contributed by atoms with Crippen LogP contribution in [0.15, 0.2) is 61.9 Å². The van der Waals surface area contributed by atoms with Gasteiger partial charge < -0.3 is 14.7 Å². The Balaban J connectivity index is 2.02. The van der Waals surface area contributed by atoms with Gasteiger partial charge in [0, 0.05) is 29.2 Å². The molecule has 1 aromatic heterocycles. The molecule has 7 nitrogen and oxygen atoms in total. The minimum Gasteiger partial charge on any atom is -0.506 e. The zero-order valence-corrected chi connectivity index (χ0v) is 23.4. The minimum absolute atomic E-state index is 0.0277. The number of carbonyl (C=O) groups excluding carboxylic acids is 1. The molecule has 1 amide bonds. The SMILES string of the molecule is CCN(CC)C(=O)C1=C(C)N=c2s/c(=C/c3cc(Cl)cc(Br)c3O)c(=O)n2[C@@H]1c1ccccc1OC. The number of methoxy groups -OCH3 is 1. The van der Waals surface area contributed by atoms with E-state index in [-0.39, 0.29) is 17.2 Å². The molecule has 1 N–H and O–H groups in total. The second-order valence-corrected chi connectivity index (χ2v) is 10.4. The second-order valence-electron chi connectivity index (χ2n) is 8.13. The smallest absolute Gasteiger partial charge is 0.271 e. The maximum Gasteiger partial charge on any atom is 0.271 e. The number of para-hydroxylation sites is 1. The van der Waals surface area contributed by atoms with Gasteiger partial charge in [0.05, 0.1) is 27.4 Å². The first kappa shape index (κ1) is 26.2. The summed E-state index contributed by atoms with van der Waals surface area (Å²) in [5.74, 6) is 0.357. The Bertz CT molecular complexity index is 1560. The van der Waals surface area contributed by atoms with Crippen LogP contribution in [0.3, 0.4) is 0 Å². The van der Waals surface area contributed by atoms with Crippen LogP contribution in [0.2, 0.25) is 5.02 Å². The predicted octanol–water partition coefficient (Wildman–Crippen LogP) is 4.23. The van der Waals surface area contributed by atoms with Gasteiger partial charge in [-0.25, -0.2) is 4.99 Å². The van der Waals surface area contributed by atoms with Crippen LogP contribution < -0.4 is 19.6 Å². The van der Waals surface area contributed by atoms with Gasteiger partial charge in [-0.3, -0.25) is 14.2 Å². The highest BCUT2D eigenvalue weighted by molar-refractivity contribution is 9.10. The Hall–Kier alpha value is -2.88. The zero-order chi connectivity index (χ0) is 26.1. The van der Waals surface area contributed by atoms with E-state index in [0.717, 1.165) is 0 Å². The summed E-state index contributed by atoms with van der Waals surface area (Å²) < 4.78 is 7.93. The summed E-state index contributed by atoms with van der Waals surface area (Å²) in [6, 6.07) is 9.78. The van der Waals surface area contributed by atoms with Crippen molar-refractivity contribution in [2.75, 3.05) is 20.2 Å². The largest absolute Gasteiger partial charge is 0.506 e. The number of aromatic nitrogens is 1. The van der Waals surface area contributed by atoms with Gasteiger partial charge in [0.25, 0.3) is 11.5 Å². The topological polar surface area (TPSA) is 84.1 Å². The molecule has 0 spiro atoms. The summed E-state index contributed by atoms with van der Waals surface area (Å²) >= 11 is 10.6. The number of fused-ring (bicyclic) bond motifs is 1. The van der Waals surface area contributed by atoms with Gasteiger partial charge in [-0.05, 0) is 61.0 Å². The van der Waals surface area contributed by atoms with Gasteiger partial charge in [0.15, 0.2) is 4.80 Å². The summed E-state index contributed by atoms with van der Waals surface area (Å²) in [4.78, 5) is 34.4. The lowest BCUT2D eigenvalue weighted by atomic mass is 9.94. The van der Waals surface area contributed by atoms with E-state index in [4.69, 9.17) is 16.3 Å². The van der Waals surface area contributed by atoms with Gasteiger partial charge in [-0.15, -0.1) is 0 Å². The van der Waals surface area contributed by atoms with Crippen molar-refractivity contribution < 1.29 is 14.6 Å². The number of benzene rings is 2. The molecule has 1 atom stereocenters. The highest BCUT2D eigenvalue weighted by atomic mass is 79.9. The molecule has 0 aliphatic carbocycles. The number of likely N-dealkylation sites (N-methyl/N-ethyl adjacent to an activating group) is 1. The van der Waals surface area contributed by atoms with Crippen molar-refractivity contribution in [2.24, 2.45) is 4.99 Å². The van der Waals surface area contributed by atoms with Crippen molar-refractivity contribution in [3.63, 3.8) is 0 Å². The summed E-state index contributed by atoms with van der Waals surface area (Å²) in [5, 5.41) is 10.9. The van der Waals surface area contributed by atoms with Crippen molar-refractivity contribution in [3.8, 4) is 11.5 Å². The number of phenolic OH excluding ortho intramolecular Hbond substituents is 1. The van der Waals surface area contributed by atoms with Crippen LogP contribution in [0.5, 0.6) is 11.5 Å². The third-order valence-corrected chi connectivity index (χ3v) is 7.89. The van der Waals surface area contributed by atoms with Crippen molar-refractivity contribution in [3.05, 3.63) is 88.0 Å². The van der Waals surface area contributed by atoms with E-state index in [1.54, 1.807) is 37.1 Å². The lowest BCUT2D eigenvalue weighted by Crippen LogP contribution is -2.43. The number of ether oxygens (including phenoxy) is 1. The number of thiazole rings is 1. The van der Waals surface area contributed by atoms with Gasteiger partial charge in [-0.2, -0.15) is 0 Å². The van der Waals surface area contributed by atoms with E-state index in [9.17, 15) is 14.7 Å². The maximum absolute atomic E-state index is 13.8. The second kappa shape index (κ2) is 10.6. The summed E-state index contributed by atoms with van der Waals surface area (Å²) in [6.07, 6.45) is 1.58. The van der Waals surface area contributed by atoms with Crippen LogP contribution in [0.1, 0.15) is 37.9 Å². The predicted molar refractivity (Wildman–Crippen MR) is 146 cm³/mol. The molecule has 36 heavy (non-hydrogen) atoms. The number of phenols is 1. The minimum atomic E-state index is -0.729. The quantitative estimate of drug-likeness (QED) is 0.466. The van der Waals surface area contributed by atoms with Gasteiger partial charge in [-0.1, -0.05) is 41.1 Å². The fourth-order valence-corrected chi connectivity index (χ4v) is 6.17. The van der Waals surface area contributed by atoms with Crippen molar-refractivity contribution in [1.82, 2.24) is 9.47 Å². The van der Waals surface area contributed by atoms with Crippen LogP contribution >= 0.6 is 38.9 Å². The number of amides is 1. The number of rotatable bonds is 6. The first-order chi connectivity index (χ1) is 17.2. The van der Waals surface area contributed by atoms with Crippen LogP contribution in [0, 0.1) is 0 Å². The number of carbonyl (C=O) groups is 1. The molecular weight excluding hydrogens is 566 g/mol. The van der Waals surface area contributed by atoms with Crippen molar-refractivity contribution in [2.45, 2.75) is 26.8 Å². The first-order valence-corrected chi connectivity index (χ1v) is 13.3. The third kappa shape index (κ3) is 4.63. The third-order valence-electron chi connectivity index (χ3n) is 6.08. The van der Waals surface area contributed by atoms with E-state index >= 15 is 0 Å². The Kier molecular flexibility index (Phi) is 7.73. The Morgan fingerprint density at radius 3 is 2.67 bits per heavy atom. The van der Waals surface area contributed by atoms with Gasteiger partial charge in [0.2, 0.25) is 0 Å². The highest BCUT2D eigenvalue weighted by Gasteiger charge is 2.35. The van der Waals surface area contributed by atoms with E-state index in [1.165, 1.54) is 15.9 Å². The highest BCUT2D eigenvalue weighted by Crippen LogP contribution is 2.36. The molecule has 0 bridgehead atoms. The number of hydrogen-bond donors (Lipinski definition) is 1. The Morgan fingerprint density at radius 1 is 1.31 bits per heavy atom. The van der Waals surface area contributed by atoms with Gasteiger partial charge in [0.1, 0.15) is 17.5 Å². The summed E-state index contributed by atoms with van der Waals surface area (Å²) in [5.41, 5.74) is 1.72. The average Bonchev–Trinajstić information content (AvgIpc) is 3.16. The van der Waals surface area contributed by atoms with E-state index in [0.29, 0.717) is 60.1 Å². The molecule has 0 saturated heterocycles. The molecule has 1 aliphatic rings. The Labute approximate surface area is 225 Å². The molecule has 0 radical (unpaired) electrons.